The molecule has 60 valence electrons. The lowest BCUT2D eigenvalue weighted by Gasteiger charge is -1.94. The van der Waals surface area contributed by atoms with E-state index in [2.05, 4.69) is 15.0 Å². The molecule has 0 spiro atoms. The quantitative estimate of drug-likeness (QED) is 0.612. The molecule has 1 heterocycles. The molecule has 0 bridgehead atoms. The summed E-state index contributed by atoms with van der Waals surface area (Å²) >= 11 is 0. The number of aromatic amines is 1. The molecule has 1 aromatic heterocycles. The Morgan fingerprint density at radius 3 is 3.00 bits per heavy atom. The fourth-order valence-electron chi connectivity index (χ4n) is 0.620. The summed E-state index contributed by atoms with van der Waals surface area (Å²) < 4.78 is 4.66. The predicted octanol–water partition coefficient (Wildman–Crippen LogP) is -0.396. The zero-order chi connectivity index (χ0) is 8.27. The van der Waals surface area contributed by atoms with Crippen molar-refractivity contribution in [1.29, 1.82) is 0 Å². The van der Waals surface area contributed by atoms with Gasteiger partial charge >= 0.3 is 0 Å². The highest BCUT2D eigenvalue weighted by molar-refractivity contribution is 5.72. The topological polar surface area (TPSA) is 75.1 Å². The van der Waals surface area contributed by atoms with Crippen molar-refractivity contribution in [2.24, 2.45) is 0 Å². The molecule has 0 atom stereocenters. The van der Waals surface area contributed by atoms with Crippen molar-refractivity contribution in [1.82, 2.24) is 10.5 Å². The molecule has 0 aliphatic carbocycles. The number of H-pyrrole nitrogens is 1. The summed E-state index contributed by atoms with van der Waals surface area (Å²) in [7, 11) is 0. The minimum atomic E-state index is -0.301. The van der Waals surface area contributed by atoms with E-state index in [4.69, 9.17) is 0 Å². The maximum Gasteiger partial charge on any atom is 0.280 e. The van der Waals surface area contributed by atoms with E-state index in [1.807, 2.05) is 0 Å². The highest BCUT2D eigenvalue weighted by Crippen LogP contribution is 1.89. The van der Waals surface area contributed by atoms with Crippen LogP contribution < -0.4 is 10.9 Å². The van der Waals surface area contributed by atoms with Gasteiger partial charge in [-0.25, -0.2) is 0 Å². The van der Waals surface area contributed by atoms with Crippen LogP contribution in [0.1, 0.15) is 12.7 Å². The molecule has 0 aromatic carbocycles. The maximum atomic E-state index is 10.5. The van der Waals surface area contributed by atoms with Crippen LogP contribution in [0.15, 0.2) is 15.4 Å². The SMILES string of the molecule is CC(=O)NCc1cc(=O)[nH]o1. The lowest BCUT2D eigenvalue weighted by atomic mass is 10.4. The third-order valence-electron chi connectivity index (χ3n) is 1.09. The Morgan fingerprint density at radius 2 is 2.55 bits per heavy atom. The average Bonchev–Trinajstić information content (AvgIpc) is 2.31. The summed E-state index contributed by atoms with van der Waals surface area (Å²) in [5, 5.41) is 4.59. The third kappa shape index (κ3) is 2.29. The van der Waals surface area contributed by atoms with Gasteiger partial charge in [0.15, 0.2) is 5.76 Å². The lowest BCUT2D eigenvalue weighted by Crippen LogP contribution is -2.18. The van der Waals surface area contributed by atoms with Gasteiger partial charge in [-0.05, 0) is 0 Å². The normalized spacial score (nSPS) is 9.55. The van der Waals surface area contributed by atoms with Crippen LogP contribution in [-0.4, -0.2) is 11.1 Å². The number of carbonyl (C=O) groups excluding carboxylic acids is 1. The Hall–Kier alpha value is -1.52. The number of hydrogen-bond donors (Lipinski definition) is 2. The van der Waals surface area contributed by atoms with Crippen molar-refractivity contribution >= 4 is 5.91 Å². The monoisotopic (exact) mass is 156 g/mol. The number of amides is 1. The van der Waals surface area contributed by atoms with Crippen LogP contribution in [0, 0.1) is 0 Å². The summed E-state index contributed by atoms with van der Waals surface area (Å²) in [6, 6.07) is 1.29. The Kier molecular flexibility index (Phi) is 2.10. The van der Waals surface area contributed by atoms with E-state index in [1.54, 1.807) is 0 Å². The van der Waals surface area contributed by atoms with Crippen LogP contribution in [0.5, 0.6) is 0 Å². The second-order valence-electron chi connectivity index (χ2n) is 2.09. The van der Waals surface area contributed by atoms with E-state index in [0.717, 1.165) is 0 Å². The molecule has 0 fully saturated rings. The van der Waals surface area contributed by atoms with Crippen molar-refractivity contribution in [3.05, 3.63) is 22.2 Å². The van der Waals surface area contributed by atoms with E-state index in [-0.39, 0.29) is 18.0 Å². The Balaban J connectivity index is 2.51. The first-order chi connectivity index (χ1) is 5.18. The molecule has 5 nitrogen and oxygen atoms in total. The molecule has 2 N–H and O–H groups in total. The number of nitrogens with one attached hydrogen (secondary N) is 2. The molecule has 0 unspecified atom stereocenters. The van der Waals surface area contributed by atoms with Crippen LogP contribution in [0.25, 0.3) is 0 Å². The average molecular weight is 156 g/mol. The van der Waals surface area contributed by atoms with Crippen LogP contribution in [0.3, 0.4) is 0 Å². The summed E-state index contributed by atoms with van der Waals surface area (Å²) in [4.78, 5) is 20.9. The molecule has 0 saturated carbocycles. The molecule has 0 saturated heterocycles. The molecule has 1 rings (SSSR count). The van der Waals surface area contributed by atoms with Gasteiger partial charge in [0.1, 0.15) is 0 Å². The van der Waals surface area contributed by atoms with Crippen molar-refractivity contribution < 1.29 is 9.32 Å². The van der Waals surface area contributed by atoms with Crippen LogP contribution in [0.2, 0.25) is 0 Å². The van der Waals surface area contributed by atoms with Gasteiger partial charge < -0.3 is 9.84 Å². The standard InChI is InChI=1S/C6H8N2O3/c1-4(9)7-3-5-2-6(10)8-11-5/h2H,3H2,1H3,(H,7,9)(H,8,10). The van der Waals surface area contributed by atoms with Gasteiger partial charge in [-0.15, -0.1) is 0 Å². The second-order valence-corrected chi connectivity index (χ2v) is 2.09. The fourth-order valence-corrected chi connectivity index (χ4v) is 0.620. The van der Waals surface area contributed by atoms with Crippen LogP contribution in [0.4, 0.5) is 0 Å². The zero-order valence-electron chi connectivity index (χ0n) is 6.01. The van der Waals surface area contributed by atoms with E-state index in [0.29, 0.717) is 5.76 Å². The van der Waals surface area contributed by atoms with Crippen LogP contribution >= 0.6 is 0 Å². The van der Waals surface area contributed by atoms with Gasteiger partial charge in [-0.3, -0.25) is 9.59 Å². The molecule has 0 aliphatic heterocycles. The smallest absolute Gasteiger partial charge is 0.280 e. The first-order valence-electron chi connectivity index (χ1n) is 3.10. The Bertz CT molecular complexity index is 299. The first-order valence-corrected chi connectivity index (χ1v) is 3.10. The van der Waals surface area contributed by atoms with Crippen molar-refractivity contribution in [2.45, 2.75) is 13.5 Å². The third-order valence-corrected chi connectivity index (χ3v) is 1.09. The summed E-state index contributed by atoms with van der Waals surface area (Å²) in [6.07, 6.45) is 0. The minimum Gasteiger partial charge on any atom is -0.382 e. The van der Waals surface area contributed by atoms with Gasteiger partial charge in [-0.1, -0.05) is 0 Å². The van der Waals surface area contributed by atoms with Gasteiger partial charge in [0.05, 0.1) is 6.54 Å². The molecule has 0 radical (unpaired) electrons. The first kappa shape index (κ1) is 7.59. The molecule has 0 aliphatic rings. The van der Waals surface area contributed by atoms with E-state index >= 15 is 0 Å². The molecule has 11 heavy (non-hydrogen) atoms. The van der Waals surface area contributed by atoms with E-state index in [9.17, 15) is 9.59 Å². The van der Waals surface area contributed by atoms with Crippen molar-refractivity contribution in [3.8, 4) is 0 Å². The molecule has 1 aromatic rings. The van der Waals surface area contributed by atoms with Gasteiger partial charge in [0.2, 0.25) is 5.91 Å². The van der Waals surface area contributed by atoms with E-state index in [1.165, 1.54) is 13.0 Å². The molecular formula is C6H8N2O3. The van der Waals surface area contributed by atoms with Crippen molar-refractivity contribution in [2.75, 3.05) is 0 Å². The Morgan fingerprint density at radius 1 is 1.82 bits per heavy atom. The highest BCUT2D eigenvalue weighted by atomic mass is 16.5. The van der Waals surface area contributed by atoms with Gasteiger partial charge in [0, 0.05) is 13.0 Å². The second kappa shape index (κ2) is 3.05. The summed E-state index contributed by atoms with van der Waals surface area (Å²) in [5.41, 5.74) is -0.301. The number of aromatic nitrogens is 1. The predicted molar refractivity (Wildman–Crippen MR) is 36.8 cm³/mol. The highest BCUT2D eigenvalue weighted by Gasteiger charge is 1.98. The molecular weight excluding hydrogens is 148 g/mol. The number of carbonyl (C=O) groups is 1. The largest absolute Gasteiger partial charge is 0.382 e. The van der Waals surface area contributed by atoms with Gasteiger partial charge in [-0.2, -0.15) is 5.16 Å². The maximum absolute atomic E-state index is 10.5. The summed E-state index contributed by atoms with van der Waals surface area (Å²) in [6.45, 7) is 1.64. The fraction of sp³-hybridized carbons (Fsp3) is 0.333. The summed E-state index contributed by atoms with van der Waals surface area (Å²) in [5.74, 6) is 0.263. The van der Waals surface area contributed by atoms with Gasteiger partial charge in [0.25, 0.3) is 5.56 Å². The van der Waals surface area contributed by atoms with Crippen molar-refractivity contribution in [3.63, 3.8) is 0 Å². The number of rotatable bonds is 2. The van der Waals surface area contributed by atoms with Crippen LogP contribution in [-0.2, 0) is 11.3 Å². The lowest BCUT2D eigenvalue weighted by molar-refractivity contribution is -0.119. The minimum absolute atomic E-state index is 0.158. The zero-order valence-corrected chi connectivity index (χ0v) is 6.01. The molecule has 5 heteroatoms. The van der Waals surface area contributed by atoms with E-state index < -0.39 is 0 Å². The Labute approximate surface area is 62.4 Å². The molecule has 1 amide bonds. The number of hydrogen-bond acceptors (Lipinski definition) is 3.